The first-order valence-corrected chi connectivity index (χ1v) is 9.53. The molecule has 0 saturated heterocycles. The van der Waals surface area contributed by atoms with Crippen LogP contribution in [0.25, 0.3) is 0 Å². The Balaban J connectivity index is 2.14. The summed E-state index contributed by atoms with van der Waals surface area (Å²) >= 11 is 1.59. The van der Waals surface area contributed by atoms with Crippen LogP contribution in [-0.4, -0.2) is 35.6 Å². The van der Waals surface area contributed by atoms with Gasteiger partial charge in [0.15, 0.2) is 11.5 Å². The molecule has 1 atom stereocenters. The number of anilines is 1. The van der Waals surface area contributed by atoms with Crippen LogP contribution in [0.2, 0.25) is 0 Å². The smallest absolute Gasteiger partial charge is 0.412 e. The van der Waals surface area contributed by atoms with E-state index in [-0.39, 0.29) is 17.9 Å². The molecule has 7 nitrogen and oxygen atoms in total. The SMILES string of the molecule is COc1ccc([C@H](C/C=C/C(=O)O)OC(=O)Nc2ccc(SC)cc2)cc1O. The predicted octanol–water partition coefficient (Wildman–Crippen LogP) is 4.44. The van der Waals surface area contributed by atoms with E-state index in [0.29, 0.717) is 11.3 Å². The largest absolute Gasteiger partial charge is 0.504 e. The number of ether oxygens (including phenoxy) is 2. The molecule has 0 aliphatic rings. The maximum Gasteiger partial charge on any atom is 0.412 e. The summed E-state index contributed by atoms with van der Waals surface area (Å²) < 4.78 is 10.5. The molecule has 8 heteroatoms. The minimum atomic E-state index is -1.10. The van der Waals surface area contributed by atoms with Crippen LogP contribution in [0.4, 0.5) is 10.5 Å². The van der Waals surface area contributed by atoms with Crippen molar-refractivity contribution in [2.75, 3.05) is 18.7 Å². The van der Waals surface area contributed by atoms with E-state index in [9.17, 15) is 14.7 Å². The van der Waals surface area contributed by atoms with Crippen LogP contribution < -0.4 is 10.1 Å². The van der Waals surface area contributed by atoms with E-state index >= 15 is 0 Å². The van der Waals surface area contributed by atoms with Crippen LogP contribution in [0.1, 0.15) is 18.1 Å². The molecule has 2 aromatic carbocycles. The van der Waals surface area contributed by atoms with Gasteiger partial charge < -0.3 is 19.7 Å². The topological polar surface area (TPSA) is 105 Å². The van der Waals surface area contributed by atoms with Crippen LogP contribution in [-0.2, 0) is 9.53 Å². The molecule has 1 amide bonds. The summed E-state index contributed by atoms with van der Waals surface area (Å²) in [4.78, 5) is 24.1. The van der Waals surface area contributed by atoms with Gasteiger partial charge in [0.05, 0.1) is 7.11 Å². The van der Waals surface area contributed by atoms with Gasteiger partial charge in [-0.1, -0.05) is 12.1 Å². The van der Waals surface area contributed by atoms with Gasteiger partial charge in [-0.2, -0.15) is 0 Å². The van der Waals surface area contributed by atoms with Gasteiger partial charge in [-0.25, -0.2) is 9.59 Å². The van der Waals surface area contributed by atoms with Crippen molar-refractivity contribution in [3.8, 4) is 11.5 Å². The highest BCUT2D eigenvalue weighted by molar-refractivity contribution is 7.98. The standard InChI is InChI=1S/C20H21NO6S/c1-26-18-11-6-13(12-16(18)22)17(4-3-5-19(23)24)27-20(25)21-14-7-9-15(28-2)10-8-14/h3,5-12,17,22H,4H2,1-2H3,(H,21,25)(H,23,24)/b5-3+/t17-/m0/s1. The quantitative estimate of drug-likeness (QED) is 0.442. The molecule has 0 fully saturated rings. The number of benzene rings is 2. The van der Waals surface area contributed by atoms with Gasteiger partial charge in [0.1, 0.15) is 6.10 Å². The van der Waals surface area contributed by atoms with E-state index in [2.05, 4.69) is 5.32 Å². The number of aliphatic carboxylic acids is 1. The molecule has 0 spiro atoms. The lowest BCUT2D eigenvalue weighted by Gasteiger charge is -2.18. The van der Waals surface area contributed by atoms with Crippen molar-refractivity contribution in [1.29, 1.82) is 0 Å². The first kappa shape index (κ1) is 21.2. The molecule has 0 aliphatic carbocycles. The second kappa shape index (κ2) is 10.3. The third-order valence-electron chi connectivity index (χ3n) is 3.77. The van der Waals surface area contributed by atoms with Crippen molar-refractivity contribution < 1.29 is 29.3 Å². The normalized spacial score (nSPS) is 11.8. The zero-order valence-corrected chi connectivity index (χ0v) is 16.2. The average Bonchev–Trinajstić information content (AvgIpc) is 2.67. The monoisotopic (exact) mass is 403 g/mol. The van der Waals surface area contributed by atoms with Crippen molar-refractivity contribution >= 4 is 29.5 Å². The van der Waals surface area contributed by atoms with Crippen molar-refractivity contribution in [1.82, 2.24) is 0 Å². The zero-order chi connectivity index (χ0) is 20.5. The molecule has 0 aliphatic heterocycles. The molecule has 2 aromatic rings. The third kappa shape index (κ3) is 6.24. The molecule has 0 saturated carbocycles. The fourth-order valence-electron chi connectivity index (χ4n) is 2.40. The Hall–Kier alpha value is -3.13. The third-order valence-corrected chi connectivity index (χ3v) is 4.51. The fourth-order valence-corrected chi connectivity index (χ4v) is 2.81. The Morgan fingerprint density at radius 2 is 1.93 bits per heavy atom. The number of methoxy groups -OCH3 is 1. The first-order chi connectivity index (χ1) is 13.4. The number of hydrogen-bond donors (Lipinski definition) is 3. The lowest BCUT2D eigenvalue weighted by Crippen LogP contribution is -2.17. The number of phenolic OH excluding ortho intramolecular Hbond substituents is 1. The van der Waals surface area contributed by atoms with Gasteiger partial charge in [-0.05, 0) is 48.2 Å². The number of carbonyl (C=O) groups is 2. The van der Waals surface area contributed by atoms with Gasteiger partial charge in [0, 0.05) is 23.1 Å². The lowest BCUT2D eigenvalue weighted by atomic mass is 10.1. The number of amides is 1. The minimum Gasteiger partial charge on any atom is -0.504 e. The van der Waals surface area contributed by atoms with Gasteiger partial charge in [-0.3, -0.25) is 5.32 Å². The molecule has 148 valence electrons. The summed E-state index contributed by atoms with van der Waals surface area (Å²) in [6, 6.07) is 11.8. The summed E-state index contributed by atoms with van der Waals surface area (Å²) in [7, 11) is 1.42. The molecule has 0 aromatic heterocycles. The number of hydrogen-bond acceptors (Lipinski definition) is 6. The Morgan fingerprint density at radius 1 is 1.21 bits per heavy atom. The lowest BCUT2D eigenvalue weighted by molar-refractivity contribution is -0.131. The highest BCUT2D eigenvalue weighted by Gasteiger charge is 2.18. The summed E-state index contributed by atoms with van der Waals surface area (Å²) in [5, 5.41) is 21.4. The molecule has 0 heterocycles. The number of aromatic hydroxyl groups is 1. The average molecular weight is 403 g/mol. The van der Waals surface area contributed by atoms with Crippen LogP contribution in [0.15, 0.2) is 59.5 Å². The van der Waals surface area contributed by atoms with Gasteiger partial charge in [-0.15, -0.1) is 11.8 Å². The molecule has 0 unspecified atom stereocenters. The van der Waals surface area contributed by atoms with Crippen molar-refractivity contribution in [3.05, 3.63) is 60.2 Å². The molecular weight excluding hydrogens is 382 g/mol. The summed E-state index contributed by atoms with van der Waals surface area (Å²) in [6.45, 7) is 0. The van der Waals surface area contributed by atoms with Gasteiger partial charge in [0.2, 0.25) is 0 Å². The van der Waals surface area contributed by atoms with Crippen LogP contribution in [0.3, 0.4) is 0 Å². The fraction of sp³-hybridized carbons (Fsp3) is 0.200. The van der Waals surface area contributed by atoms with E-state index < -0.39 is 18.2 Å². The number of nitrogens with one attached hydrogen (secondary N) is 1. The number of phenols is 1. The van der Waals surface area contributed by atoms with Crippen molar-refractivity contribution in [2.45, 2.75) is 17.4 Å². The molecule has 28 heavy (non-hydrogen) atoms. The Labute approximate surface area is 167 Å². The number of carboxylic acid groups (broad SMARTS) is 1. The summed E-state index contributed by atoms with van der Waals surface area (Å²) in [5.41, 5.74) is 1.07. The number of carbonyl (C=O) groups excluding carboxylic acids is 1. The Kier molecular flexibility index (Phi) is 7.76. The van der Waals surface area contributed by atoms with Crippen LogP contribution >= 0.6 is 11.8 Å². The second-order valence-electron chi connectivity index (χ2n) is 5.66. The van der Waals surface area contributed by atoms with E-state index in [0.717, 1.165) is 11.0 Å². The van der Waals surface area contributed by atoms with Gasteiger partial charge >= 0.3 is 12.1 Å². The Bertz CT molecular complexity index is 850. The summed E-state index contributed by atoms with van der Waals surface area (Å²) in [6.07, 6.45) is 2.94. The number of thioether (sulfide) groups is 1. The number of rotatable bonds is 8. The van der Waals surface area contributed by atoms with E-state index in [1.54, 1.807) is 36.0 Å². The Morgan fingerprint density at radius 3 is 2.50 bits per heavy atom. The molecule has 2 rings (SSSR count). The minimum absolute atomic E-state index is 0.108. The highest BCUT2D eigenvalue weighted by atomic mass is 32.2. The molecule has 0 bridgehead atoms. The number of carboxylic acids is 1. The van der Waals surface area contributed by atoms with Crippen LogP contribution in [0.5, 0.6) is 11.5 Å². The van der Waals surface area contributed by atoms with Crippen LogP contribution in [0, 0.1) is 0 Å². The molecule has 3 N–H and O–H groups in total. The highest BCUT2D eigenvalue weighted by Crippen LogP contribution is 2.32. The van der Waals surface area contributed by atoms with Gasteiger partial charge in [0.25, 0.3) is 0 Å². The molecular formula is C20H21NO6S. The van der Waals surface area contributed by atoms with Crippen molar-refractivity contribution in [3.63, 3.8) is 0 Å². The van der Waals surface area contributed by atoms with E-state index in [4.69, 9.17) is 14.6 Å². The first-order valence-electron chi connectivity index (χ1n) is 8.31. The van der Waals surface area contributed by atoms with E-state index in [1.165, 1.54) is 19.3 Å². The predicted molar refractivity (Wildman–Crippen MR) is 107 cm³/mol. The zero-order valence-electron chi connectivity index (χ0n) is 15.4. The molecule has 0 radical (unpaired) electrons. The maximum atomic E-state index is 12.3. The van der Waals surface area contributed by atoms with E-state index in [1.807, 2.05) is 18.4 Å². The second-order valence-corrected chi connectivity index (χ2v) is 6.53. The summed E-state index contributed by atoms with van der Waals surface area (Å²) in [5.74, 6) is -0.930. The maximum absolute atomic E-state index is 12.3. The van der Waals surface area contributed by atoms with Crippen molar-refractivity contribution in [2.24, 2.45) is 0 Å².